The van der Waals surface area contributed by atoms with Crippen molar-refractivity contribution in [2.75, 3.05) is 32.8 Å². The number of halogens is 1. The van der Waals surface area contributed by atoms with Gasteiger partial charge in [0.15, 0.2) is 11.5 Å². The van der Waals surface area contributed by atoms with E-state index in [9.17, 15) is 4.79 Å². The third-order valence-electron chi connectivity index (χ3n) is 6.92. The minimum absolute atomic E-state index is 0.0608. The zero-order valence-corrected chi connectivity index (χ0v) is 20.1. The van der Waals surface area contributed by atoms with Crippen LogP contribution in [0.15, 0.2) is 42.5 Å². The lowest BCUT2D eigenvalue weighted by molar-refractivity contribution is -0.121. The lowest BCUT2D eigenvalue weighted by Gasteiger charge is -2.19. The molecule has 1 saturated carbocycles. The number of fused-ring (bicyclic) bond motifs is 1. The van der Waals surface area contributed by atoms with Crippen LogP contribution in [-0.4, -0.2) is 43.7 Å². The predicted octanol–water partition coefficient (Wildman–Crippen LogP) is 5.20. The molecule has 5 rings (SSSR count). The maximum atomic E-state index is 11.0. The topological polar surface area (TPSA) is 64.8 Å². The molecular formula is C27H35ClN2O3. The number of aryl methyl sites for hydroxylation is 1. The number of benzene rings is 2. The Bertz CT molecular complexity index is 912. The molecule has 2 unspecified atom stereocenters. The molecule has 2 fully saturated rings. The first kappa shape index (κ1) is 23.9. The fourth-order valence-electron chi connectivity index (χ4n) is 5.03. The molecule has 2 aliphatic heterocycles. The Labute approximate surface area is 202 Å². The summed E-state index contributed by atoms with van der Waals surface area (Å²) in [5, 5.41) is 0.753. The third-order valence-corrected chi connectivity index (χ3v) is 7.17. The van der Waals surface area contributed by atoms with Gasteiger partial charge in [0.1, 0.15) is 13.2 Å². The van der Waals surface area contributed by atoms with Gasteiger partial charge in [-0.25, -0.2) is 0 Å². The monoisotopic (exact) mass is 470 g/mol. The van der Waals surface area contributed by atoms with Crippen molar-refractivity contribution in [2.24, 2.45) is 11.7 Å². The Kier molecular flexibility index (Phi) is 8.51. The summed E-state index contributed by atoms with van der Waals surface area (Å²) in [6, 6.07) is 14.2. The number of rotatable bonds is 6. The van der Waals surface area contributed by atoms with E-state index in [1.807, 2.05) is 30.3 Å². The number of likely N-dealkylation sites (tertiary alicyclic amines) is 1. The first-order chi connectivity index (χ1) is 16.1. The van der Waals surface area contributed by atoms with E-state index >= 15 is 0 Å². The van der Waals surface area contributed by atoms with E-state index in [0.29, 0.717) is 19.1 Å². The predicted molar refractivity (Wildman–Crippen MR) is 132 cm³/mol. The van der Waals surface area contributed by atoms with Gasteiger partial charge in [0, 0.05) is 10.9 Å². The van der Waals surface area contributed by atoms with Crippen LogP contribution in [0.1, 0.15) is 55.6 Å². The molecule has 6 heteroatoms. The molecule has 0 radical (unpaired) electrons. The van der Waals surface area contributed by atoms with E-state index in [1.54, 1.807) is 0 Å². The first-order valence-electron chi connectivity index (χ1n) is 12.2. The molecule has 1 aliphatic carbocycles. The fraction of sp³-hybridized carbons (Fsp3) is 0.519. The molecule has 5 nitrogen and oxygen atoms in total. The zero-order valence-electron chi connectivity index (χ0n) is 19.3. The van der Waals surface area contributed by atoms with E-state index in [4.69, 9.17) is 26.8 Å². The van der Waals surface area contributed by atoms with Gasteiger partial charge in [-0.05, 0) is 106 Å². The van der Waals surface area contributed by atoms with Crippen molar-refractivity contribution in [1.82, 2.24) is 4.90 Å². The summed E-state index contributed by atoms with van der Waals surface area (Å²) in [6.45, 7) is 5.16. The van der Waals surface area contributed by atoms with Crippen LogP contribution in [0.5, 0.6) is 11.5 Å². The molecule has 0 aromatic heterocycles. The Morgan fingerprint density at radius 2 is 1.73 bits per heavy atom. The van der Waals surface area contributed by atoms with Crippen molar-refractivity contribution in [3.63, 3.8) is 0 Å². The highest BCUT2D eigenvalue weighted by atomic mass is 35.5. The molecule has 2 N–H and O–H groups in total. The van der Waals surface area contributed by atoms with Crippen molar-refractivity contribution in [3.8, 4) is 11.5 Å². The Morgan fingerprint density at radius 3 is 2.42 bits per heavy atom. The van der Waals surface area contributed by atoms with Crippen LogP contribution in [0, 0.1) is 5.92 Å². The molecule has 1 saturated heterocycles. The maximum absolute atomic E-state index is 11.0. The number of primary amides is 1. The van der Waals surface area contributed by atoms with Crippen LogP contribution in [0.4, 0.5) is 0 Å². The van der Waals surface area contributed by atoms with Crippen LogP contribution < -0.4 is 15.2 Å². The first-order valence-corrected chi connectivity index (χ1v) is 12.6. The van der Waals surface area contributed by atoms with Gasteiger partial charge in [-0.1, -0.05) is 29.8 Å². The van der Waals surface area contributed by atoms with Crippen LogP contribution in [0.3, 0.4) is 0 Å². The van der Waals surface area contributed by atoms with Crippen molar-refractivity contribution >= 4 is 17.5 Å². The van der Waals surface area contributed by atoms with E-state index in [0.717, 1.165) is 42.2 Å². The highest BCUT2D eigenvalue weighted by Gasteiger charge is 2.29. The molecular weight excluding hydrogens is 436 g/mol. The average Bonchev–Trinajstić information content (AvgIpc) is 3.53. The Hall–Kier alpha value is -2.24. The summed E-state index contributed by atoms with van der Waals surface area (Å²) < 4.78 is 11.1. The van der Waals surface area contributed by atoms with Gasteiger partial charge in [-0.2, -0.15) is 0 Å². The minimum atomic E-state index is -0.161. The summed E-state index contributed by atoms with van der Waals surface area (Å²) in [5.41, 5.74) is 7.93. The molecule has 2 aromatic carbocycles. The minimum Gasteiger partial charge on any atom is -0.486 e. The lowest BCUT2D eigenvalue weighted by atomic mass is 9.96. The summed E-state index contributed by atoms with van der Waals surface area (Å²) in [4.78, 5) is 13.6. The van der Waals surface area contributed by atoms with Crippen molar-refractivity contribution in [2.45, 2.75) is 50.9 Å². The van der Waals surface area contributed by atoms with E-state index < -0.39 is 0 Å². The van der Waals surface area contributed by atoms with Crippen molar-refractivity contribution < 1.29 is 14.3 Å². The third kappa shape index (κ3) is 6.87. The van der Waals surface area contributed by atoms with Crippen LogP contribution in [0.2, 0.25) is 5.02 Å². The van der Waals surface area contributed by atoms with E-state index in [2.05, 4.69) is 17.0 Å². The smallest absolute Gasteiger partial charge is 0.220 e. The molecule has 33 heavy (non-hydrogen) atoms. The number of ether oxygens (including phenoxy) is 2. The van der Waals surface area contributed by atoms with E-state index in [1.165, 1.54) is 50.0 Å². The van der Waals surface area contributed by atoms with Gasteiger partial charge in [-0.3, -0.25) is 4.79 Å². The van der Waals surface area contributed by atoms with Crippen molar-refractivity contribution in [1.29, 1.82) is 0 Å². The normalized spacial score (nSPS) is 22.0. The number of nitrogens with two attached hydrogens (primary N) is 1. The van der Waals surface area contributed by atoms with E-state index in [-0.39, 0.29) is 11.8 Å². The fourth-order valence-corrected chi connectivity index (χ4v) is 5.16. The highest BCUT2D eigenvalue weighted by Crippen LogP contribution is 2.38. The van der Waals surface area contributed by atoms with Gasteiger partial charge >= 0.3 is 0 Å². The lowest BCUT2D eigenvalue weighted by Crippen LogP contribution is -2.20. The largest absolute Gasteiger partial charge is 0.486 e. The number of carbonyl (C=O) groups is 1. The Morgan fingerprint density at radius 1 is 1.00 bits per heavy atom. The van der Waals surface area contributed by atoms with Gasteiger partial charge in [0.05, 0.1) is 0 Å². The standard InChI is InChI=1S/C15H21NO2.C12H14ClNO/c1-2-8-16(7-1)9-3-4-13-5-6-14-15(12-13)18-11-10-17-14;13-11-5-3-8(4-6-11)9-1-2-10(7-9)12(14)15/h5-6,12H,1-4,7-11H2;3-6,9-10H,1-2,7H2,(H2,14,15). The summed E-state index contributed by atoms with van der Waals surface area (Å²) in [5.74, 6) is 2.18. The average molecular weight is 471 g/mol. The van der Waals surface area contributed by atoms with Crippen molar-refractivity contribution in [3.05, 3.63) is 58.6 Å². The molecule has 2 heterocycles. The van der Waals surface area contributed by atoms with Crippen LogP contribution in [-0.2, 0) is 11.2 Å². The van der Waals surface area contributed by atoms with Crippen LogP contribution in [0.25, 0.3) is 0 Å². The second kappa shape index (κ2) is 11.8. The second-order valence-electron chi connectivity index (χ2n) is 9.29. The highest BCUT2D eigenvalue weighted by molar-refractivity contribution is 6.30. The number of nitrogens with zero attached hydrogens (tertiary/aromatic N) is 1. The summed E-state index contributed by atoms with van der Waals surface area (Å²) in [7, 11) is 0. The molecule has 3 aliphatic rings. The second-order valence-corrected chi connectivity index (χ2v) is 9.73. The molecule has 178 valence electrons. The summed E-state index contributed by atoms with van der Waals surface area (Å²) >= 11 is 5.82. The number of carbonyl (C=O) groups excluding carboxylic acids is 1. The molecule has 1 amide bonds. The SMILES string of the molecule is NC(=O)C1CCC(c2ccc(Cl)cc2)C1.c1cc2c(cc1CCCN1CCCC1)OCCO2. The molecule has 2 aromatic rings. The number of hydrogen-bond acceptors (Lipinski definition) is 4. The van der Waals surface area contributed by atoms with Crippen LogP contribution >= 0.6 is 11.6 Å². The van der Waals surface area contributed by atoms with Gasteiger partial charge < -0.3 is 20.1 Å². The molecule has 2 atom stereocenters. The Balaban J connectivity index is 0.000000160. The number of amides is 1. The van der Waals surface area contributed by atoms with Gasteiger partial charge in [0.2, 0.25) is 5.91 Å². The summed E-state index contributed by atoms with van der Waals surface area (Å²) in [6.07, 6.45) is 7.98. The maximum Gasteiger partial charge on any atom is 0.220 e. The van der Waals surface area contributed by atoms with Gasteiger partial charge in [0.25, 0.3) is 0 Å². The number of hydrogen-bond donors (Lipinski definition) is 1. The quantitative estimate of drug-likeness (QED) is 0.630. The van der Waals surface area contributed by atoms with Gasteiger partial charge in [-0.15, -0.1) is 0 Å². The molecule has 0 spiro atoms. The zero-order chi connectivity index (χ0) is 23.0. The molecule has 0 bridgehead atoms.